The van der Waals surface area contributed by atoms with Crippen molar-refractivity contribution in [3.8, 4) is 0 Å². The van der Waals surface area contributed by atoms with Crippen molar-refractivity contribution < 1.29 is 14.3 Å². The molecule has 76 valence electrons. The van der Waals surface area contributed by atoms with Gasteiger partial charge in [-0.1, -0.05) is 6.08 Å². The van der Waals surface area contributed by atoms with Crippen LogP contribution < -0.4 is 0 Å². The van der Waals surface area contributed by atoms with Crippen LogP contribution in [0.4, 0.5) is 0 Å². The summed E-state index contributed by atoms with van der Waals surface area (Å²) in [4.78, 5) is 26.8. The van der Waals surface area contributed by atoms with Gasteiger partial charge in [0.1, 0.15) is 0 Å². The number of ether oxygens (including phenoxy) is 1. The Hall–Kier alpha value is -1.45. The van der Waals surface area contributed by atoms with Gasteiger partial charge in [-0.05, 0) is 13.8 Å². The second-order valence-corrected chi connectivity index (χ2v) is 3.19. The standard InChI is InChI=1S/C10H13NO3/c1-4-5-11-6(2)8-9(12)7(3)14-10(8)13/h4,7-8H,1,5H2,2-3H3/t7-,8+/m1/s1. The lowest BCUT2D eigenvalue weighted by molar-refractivity contribution is -0.142. The molecule has 0 saturated carbocycles. The van der Waals surface area contributed by atoms with Gasteiger partial charge in [-0.25, -0.2) is 0 Å². The molecule has 1 heterocycles. The zero-order valence-electron chi connectivity index (χ0n) is 8.32. The lowest BCUT2D eigenvalue weighted by atomic mass is 9.99. The molecule has 4 heteroatoms. The average Bonchev–Trinajstić information content (AvgIpc) is 2.38. The quantitative estimate of drug-likeness (QED) is 0.289. The van der Waals surface area contributed by atoms with Crippen molar-refractivity contribution in [2.75, 3.05) is 6.54 Å². The van der Waals surface area contributed by atoms with Crippen LogP contribution in [0.5, 0.6) is 0 Å². The number of rotatable bonds is 3. The summed E-state index contributed by atoms with van der Waals surface area (Å²) >= 11 is 0. The molecule has 1 fully saturated rings. The van der Waals surface area contributed by atoms with Crippen LogP contribution in [0, 0.1) is 5.92 Å². The molecule has 0 aromatic heterocycles. The number of cyclic esters (lactones) is 1. The van der Waals surface area contributed by atoms with E-state index in [2.05, 4.69) is 11.6 Å². The first kappa shape index (κ1) is 10.6. The maximum Gasteiger partial charge on any atom is 0.323 e. The van der Waals surface area contributed by atoms with Gasteiger partial charge < -0.3 is 4.74 Å². The molecule has 1 saturated heterocycles. The van der Waals surface area contributed by atoms with Crippen LogP contribution in [-0.4, -0.2) is 30.1 Å². The van der Waals surface area contributed by atoms with Crippen LogP contribution in [0.15, 0.2) is 17.6 Å². The fraction of sp³-hybridized carbons (Fsp3) is 0.500. The van der Waals surface area contributed by atoms with Crippen molar-refractivity contribution in [1.29, 1.82) is 0 Å². The zero-order valence-corrected chi connectivity index (χ0v) is 8.32. The third kappa shape index (κ3) is 1.89. The third-order valence-corrected chi connectivity index (χ3v) is 2.10. The van der Waals surface area contributed by atoms with Gasteiger partial charge >= 0.3 is 5.97 Å². The Morgan fingerprint density at radius 3 is 2.71 bits per heavy atom. The van der Waals surface area contributed by atoms with Gasteiger partial charge in [0.25, 0.3) is 0 Å². The first-order valence-corrected chi connectivity index (χ1v) is 4.44. The third-order valence-electron chi connectivity index (χ3n) is 2.10. The first-order chi connectivity index (χ1) is 6.57. The van der Waals surface area contributed by atoms with Gasteiger partial charge in [0.05, 0.1) is 6.54 Å². The zero-order chi connectivity index (χ0) is 10.7. The van der Waals surface area contributed by atoms with E-state index in [0.717, 1.165) is 0 Å². The van der Waals surface area contributed by atoms with E-state index in [-0.39, 0.29) is 5.78 Å². The van der Waals surface area contributed by atoms with Crippen LogP contribution in [0.25, 0.3) is 0 Å². The summed E-state index contributed by atoms with van der Waals surface area (Å²) in [5.41, 5.74) is 0.504. The van der Waals surface area contributed by atoms with E-state index in [4.69, 9.17) is 4.74 Å². The minimum Gasteiger partial charge on any atom is -0.454 e. The molecule has 4 nitrogen and oxygen atoms in total. The minimum atomic E-state index is -0.801. The second-order valence-electron chi connectivity index (χ2n) is 3.19. The van der Waals surface area contributed by atoms with Gasteiger partial charge in [0, 0.05) is 5.71 Å². The topological polar surface area (TPSA) is 55.7 Å². The second kappa shape index (κ2) is 4.17. The number of nitrogens with zero attached hydrogens (tertiary/aromatic N) is 1. The molecule has 1 aliphatic heterocycles. The number of aliphatic imine (C=N–C) groups is 1. The number of ketones is 1. The smallest absolute Gasteiger partial charge is 0.323 e. The Kier molecular flexibility index (Phi) is 3.17. The Morgan fingerprint density at radius 1 is 1.64 bits per heavy atom. The van der Waals surface area contributed by atoms with E-state index in [1.54, 1.807) is 19.9 Å². The van der Waals surface area contributed by atoms with Gasteiger partial charge in [0.2, 0.25) is 0 Å². The van der Waals surface area contributed by atoms with Crippen LogP contribution in [0.2, 0.25) is 0 Å². The summed E-state index contributed by atoms with van der Waals surface area (Å²) in [5.74, 6) is -1.50. The SMILES string of the molecule is C=CCN=C(C)[C@@H]1C(=O)O[C@H](C)C1=O. The molecular weight excluding hydrogens is 182 g/mol. The molecule has 14 heavy (non-hydrogen) atoms. The highest BCUT2D eigenvalue weighted by atomic mass is 16.6. The fourth-order valence-corrected chi connectivity index (χ4v) is 1.33. The predicted octanol–water partition coefficient (Wildman–Crippen LogP) is 0.764. The summed E-state index contributed by atoms with van der Waals surface area (Å²) in [6, 6.07) is 0. The van der Waals surface area contributed by atoms with Crippen molar-refractivity contribution in [3.05, 3.63) is 12.7 Å². The van der Waals surface area contributed by atoms with Gasteiger partial charge in [-0.3, -0.25) is 14.6 Å². The minimum absolute atomic E-state index is 0.208. The summed E-state index contributed by atoms with van der Waals surface area (Å²) in [5, 5.41) is 0. The number of hydrogen-bond acceptors (Lipinski definition) is 4. The molecule has 0 unspecified atom stereocenters. The molecule has 2 atom stereocenters. The molecular formula is C10H13NO3. The molecule has 1 aliphatic rings. The van der Waals surface area contributed by atoms with E-state index in [9.17, 15) is 9.59 Å². The number of Topliss-reactive ketones (excluding diaryl/α,β-unsaturated/α-hetero) is 1. The Labute approximate surface area is 82.7 Å². The highest BCUT2D eigenvalue weighted by molar-refractivity contribution is 6.22. The van der Waals surface area contributed by atoms with Crippen molar-refractivity contribution in [1.82, 2.24) is 0 Å². The van der Waals surface area contributed by atoms with Crippen molar-refractivity contribution in [3.63, 3.8) is 0 Å². The van der Waals surface area contributed by atoms with Crippen molar-refractivity contribution in [2.24, 2.45) is 10.9 Å². The molecule has 0 radical (unpaired) electrons. The fourth-order valence-electron chi connectivity index (χ4n) is 1.33. The van der Waals surface area contributed by atoms with Crippen LogP contribution in [0.3, 0.4) is 0 Å². The van der Waals surface area contributed by atoms with Crippen LogP contribution >= 0.6 is 0 Å². The molecule has 0 amide bonds. The lowest BCUT2D eigenvalue weighted by Gasteiger charge is -2.02. The molecule has 0 N–H and O–H groups in total. The maximum atomic E-state index is 11.5. The number of hydrogen-bond donors (Lipinski definition) is 0. The Bertz CT molecular complexity index is 306. The Balaban J connectivity index is 2.82. The van der Waals surface area contributed by atoms with Gasteiger partial charge in [-0.15, -0.1) is 6.58 Å². The van der Waals surface area contributed by atoms with Crippen molar-refractivity contribution >= 4 is 17.5 Å². The van der Waals surface area contributed by atoms with Gasteiger partial charge in [-0.2, -0.15) is 0 Å². The number of esters is 1. The van der Waals surface area contributed by atoms with Gasteiger partial charge in [0.15, 0.2) is 17.8 Å². The van der Waals surface area contributed by atoms with E-state index >= 15 is 0 Å². The highest BCUT2D eigenvalue weighted by Gasteiger charge is 2.42. The highest BCUT2D eigenvalue weighted by Crippen LogP contribution is 2.18. The lowest BCUT2D eigenvalue weighted by Crippen LogP contribution is -2.25. The molecule has 0 aromatic carbocycles. The molecule has 0 bridgehead atoms. The largest absolute Gasteiger partial charge is 0.454 e. The molecule has 0 aromatic rings. The van der Waals surface area contributed by atoms with Crippen molar-refractivity contribution in [2.45, 2.75) is 20.0 Å². The predicted molar refractivity (Wildman–Crippen MR) is 52.2 cm³/mol. The van der Waals surface area contributed by atoms with E-state index < -0.39 is 18.0 Å². The normalized spacial score (nSPS) is 27.7. The summed E-state index contributed by atoms with van der Waals surface area (Å²) in [7, 11) is 0. The molecule has 1 rings (SSSR count). The van der Waals surface area contributed by atoms with E-state index in [0.29, 0.717) is 12.3 Å². The monoisotopic (exact) mass is 195 g/mol. The molecule has 0 spiro atoms. The van der Waals surface area contributed by atoms with E-state index in [1.807, 2.05) is 0 Å². The molecule has 0 aliphatic carbocycles. The summed E-state index contributed by atoms with van der Waals surface area (Å²) < 4.78 is 4.79. The summed E-state index contributed by atoms with van der Waals surface area (Å²) in [6.45, 7) is 7.15. The number of carbonyl (C=O) groups is 2. The Morgan fingerprint density at radius 2 is 2.29 bits per heavy atom. The van der Waals surface area contributed by atoms with E-state index in [1.165, 1.54) is 0 Å². The van der Waals surface area contributed by atoms with Crippen LogP contribution in [-0.2, 0) is 14.3 Å². The first-order valence-electron chi connectivity index (χ1n) is 4.44. The summed E-state index contributed by atoms with van der Waals surface area (Å²) in [6.07, 6.45) is 0.971. The average molecular weight is 195 g/mol. The number of carbonyl (C=O) groups excluding carboxylic acids is 2. The maximum absolute atomic E-state index is 11.5. The van der Waals surface area contributed by atoms with Crippen LogP contribution in [0.1, 0.15) is 13.8 Å².